The van der Waals surface area contributed by atoms with Crippen LogP contribution in [-0.2, 0) is 17.8 Å². The number of carbonyl (C=O) groups is 1. The van der Waals surface area contributed by atoms with Gasteiger partial charge in [-0.15, -0.1) is 11.3 Å². The number of nitrogens with one attached hydrogen (secondary N) is 2. The topological polar surface area (TPSA) is 69.6 Å². The molecule has 0 spiro atoms. The summed E-state index contributed by atoms with van der Waals surface area (Å²) in [6.07, 6.45) is 2.03. The normalized spacial score (nSPS) is 14.1. The third-order valence-corrected chi connectivity index (χ3v) is 5.53. The number of amides is 1. The second-order valence-electron chi connectivity index (χ2n) is 6.30. The fraction of sp³-hybridized carbons (Fsp3) is 0.421. The van der Waals surface area contributed by atoms with Crippen LogP contribution in [-0.4, -0.2) is 37.0 Å². The number of fused-ring (bicyclic) bond motifs is 1. The van der Waals surface area contributed by atoms with Crippen LogP contribution in [0.1, 0.15) is 27.6 Å². The number of rotatable bonds is 4. The first kappa shape index (κ1) is 18.4. The van der Waals surface area contributed by atoms with E-state index >= 15 is 0 Å². The van der Waals surface area contributed by atoms with E-state index in [1.165, 1.54) is 10.4 Å². The Labute approximate surface area is 158 Å². The third kappa shape index (κ3) is 4.22. The van der Waals surface area contributed by atoms with Crippen LogP contribution < -0.4 is 15.5 Å². The number of hydrogen-bond donors (Lipinski definition) is 2. The largest absolute Gasteiger partial charge is 0.351 e. The molecule has 0 bridgehead atoms. The Bertz CT molecular complexity index is 814. The summed E-state index contributed by atoms with van der Waals surface area (Å²) >= 11 is 1.67. The van der Waals surface area contributed by atoms with Gasteiger partial charge in [0.2, 0.25) is 5.91 Å². The summed E-state index contributed by atoms with van der Waals surface area (Å²) < 4.78 is 0. The molecule has 1 aromatic carbocycles. The maximum atomic E-state index is 12.7. The molecular weight excluding hydrogens is 346 g/mol. The number of aromatic nitrogens is 1. The Morgan fingerprint density at radius 3 is 2.85 bits per heavy atom. The zero-order valence-electron chi connectivity index (χ0n) is 15.5. The molecule has 0 aliphatic carbocycles. The smallest absolute Gasteiger partial charge is 0.246 e. The van der Waals surface area contributed by atoms with E-state index in [0.29, 0.717) is 12.5 Å². The monoisotopic (exact) mass is 371 g/mol. The molecule has 2 N–H and O–H groups in total. The number of aryl methyl sites for hydroxylation is 3. The fourth-order valence-corrected chi connectivity index (χ4v) is 4.05. The van der Waals surface area contributed by atoms with Gasteiger partial charge in [0, 0.05) is 24.2 Å². The SMILES string of the molecule is CN=C(NCC(=O)N1CCCc2ccccc21)NCc1sc(C)nc1C. The van der Waals surface area contributed by atoms with Crippen molar-refractivity contribution in [2.75, 3.05) is 25.0 Å². The van der Waals surface area contributed by atoms with Gasteiger partial charge in [0.15, 0.2) is 5.96 Å². The predicted octanol–water partition coefficient (Wildman–Crippen LogP) is 2.40. The van der Waals surface area contributed by atoms with Crippen molar-refractivity contribution in [1.29, 1.82) is 0 Å². The van der Waals surface area contributed by atoms with Crippen molar-refractivity contribution in [2.24, 2.45) is 4.99 Å². The van der Waals surface area contributed by atoms with E-state index in [1.54, 1.807) is 18.4 Å². The standard InChI is InChI=1S/C19H25N5OS/c1-13-17(26-14(2)23-13)11-21-19(20-3)22-12-18(25)24-10-6-8-15-7-4-5-9-16(15)24/h4-5,7,9H,6,8,10-12H2,1-3H3,(H2,20,21,22). The molecule has 0 saturated carbocycles. The number of carbonyl (C=O) groups excluding carboxylic acids is 1. The average Bonchev–Trinajstić information content (AvgIpc) is 2.98. The minimum absolute atomic E-state index is 0.0601. The highest BCUT2D eigenvalue weighted by molar-refractivity contribution is 7.11. The molecule has 138 valence electrons. The highest BCUT2D eigenvalue weighted by Crippen LogP contribution is 2.26. The van der Waals surface area contributed by atoms with E-state index in [0.717, 1.165) is 35.8 Å². The highest BCUT2D eigenvalue weighted by atomic mass is 32.1. The fourth-order valence-electron chi connectivity index (χ4n) is 3.17. The van der Waals surface area contributed by atoms with Gasteiger partial charge in [0.25, 0.3) is 0 Å². The van der Waals surface area contributed by atoms with Crippen molar-refractivity contribution in [1.82, 2.24) is 15.6 Å². The van der Waals surface area contributed by atoms with E-state index in [1.807, 2.05) is 36.9 Å². The molecule has 0 atom stereocenters. The van der Waals surface area contributed by atoms with Crippen LogP contribution in [0.2, 0.25) is 0 Å². The number of guanidine groups is 1. The Morgan fingerprint density at radius 2 is 2.12 bits per heavy atom. The number of anilines is 1. The summed E-state index contributed by atoms with van der Waals surface area (Å²) in [5, 5.41) is 7.44. The summed E-state index contributed by atoms with van der Waals surface area (Å²) in [5.41, 5.74) is 3.31. The lowest BCUT2D eigenvalue weighted by Crippen LogP contribution is -2.45. The molecular formula is C19H25N5OS. The second-order valence-corrected chi connectivity index (χ2v) is 7.59. The molecule has 0 radical (unpaired) electrons. The number of thiazole rings is 1. The van der Waals surface area contributed by atoms with Gasteiger partial charge >= 0.3 is 0 Å². The number of nitrogens with zero attached hydrogens (tertiary/aromatic N) is 3. The second kappa shape index (κ2) is 8.31. The summed E-state index contributed by atoms with van der Waals surface area (Å²) in [6.45, 7) is 5.65. The first-order chi connectivity index (χ1) is 12.6. The van der Waals surface area contributed by atoms with Crippen molar-refractivity contribution in [3.63, 3.8) is 0 Å². The van der Waals surface area contributed by atoms with E-state index < -0.39 is 0 Å². The van der Waals surface area contributed by atoms with Gasteiger partial charge in [0.05, 0.1) is 23.8 Å². The quantitative estimate of drug-likeness (QED) is 0.640. The Balaban J connectivity index is 1.56. The lowest BCUT2D eigenvalue weighted by Gasteiger charge is -2.29. The predicted molar refractivity (Wildman–Crippen MR) is 107 cm³/mol. The molecule has 0 saturated heterocycles. The van der Waals surface area contributed by atoms with Crippen molar-refractivity contribution in [2.45, 2.75) is 33.2 Å². The maximum absolute atomic E-state index is 12.7. The van der Waals surface area contributed by atoms with Crippen LogP contribution in [0, 0.1) is 13.8 Å². The lowest BCUT2D eigenvalue weighted by molar-refractivity contribution is -0.117. The van der Waals surface area contributed by atoms with Crippen molar-refractivity contribution >= 4 is 28.9 Å². The van der Waals surface area contributed by atoms with Gasteiger partial charge in [0.1, 0.15) is 0 Å². The van der Waals surface area contributed by atoms with Gasteiger partial charge in [-0.3, -0.25) is 9.79 Å². The van der Waals surface area contributed by atoms with E-state index in [-0.39, 0.29) is 12.5 Å². The van der Waals surface area contributed by atoms with Gasteiger partial charge in [-0.1, -0.05) is 18.2 Å². The maximum Gasteiger partial charge on any atom is 0.246 e. The summed E-state index contributed by atoms with van der Waals surface area (Å²) in [5.74, 6) is 0.680. The summed E-state index contributed by atoms with van der Waals surface area (Å²) in [7, 11) is 1.71. The third-order valence-electron chi connectivity index (χ3n) is 4.46. The minimum atomic E-state index is 0.0601. The Kier molecular flexibility index (Phi) is 5.88. The minimum Gasteiger partial charge on any atom is -0.351 e. The molecule has 1 amide bonds. The summed E-state index contributed by atoms with van der Waals surface area (Å²) in [4.78, 5) is 24.4. The highest BCUT2D eigenvalue weighted by Gasteiger charge is 2.22. The van der Waals surface area contributed by atoms with Crippen LogP contribution in [0.5, 0.6) is 0 Å². The van der Waals surface area contributed by atoms with Crippen molar-refractivity contribution in [3.8, 4) is 0 Å². The van der Waals surface area contributed by atoms with Crippen molar-refractivity contribution in [3.05, 3.63) is 45.4 Å². The number of aliphatic imine (C=N–C) groups is 1. The van der Waals surface area contributed by atoms with Crippen LogP contribution in [0.15, 0.2) is 29.3 Å². The van der Waals surface area contributed by atoms with Crippen LogP contribution in [0.25, 0.3) is 0 Å². The molecule has 3 rings (SSSR count). The van der Waals surface area contributed by atoms with Crippen LogP contribution in [0.3, 0.4) is 0 Å². The molecule has 1 aliphatic heterocycles. The molecule has 0 unspecified atom stereocenters. The molecule has 1 aromatic heterocycles. The molecule has 6 nitrogen and oxygen atoms in total. The van der Waals surface area contributed by atoms with Gasteiger partial charge in [-0.25, -0.2) is 4.98 Å². The van der Waals surface area contributed by atoms with E-state index in [9.17, 15) is 4.79 Å². The van der Waals surface area contributed by atoms with Crippen LogP contribution in [0.4, 0.5) is 5.69 Å². The van der Waals surface area contributed by atoms with Gasteiger partial charge in [-0.2, -0.15) is 0 Å². The molecule has 2 heterocycles. The molecule has 0 fully saturated rings. The van der Waals surface area contributed by atoms with Gasteiger partial charge < -0.3 is 15.5 Å². The molecule has 26 heavy (non-hydrogen) atoms. The lowest BCUT2D eigenvalue weighted by atomic mass is 10.0. The average molecular weight is 372 g/mol. The molecule has 2 aromatic rings. The Hall–Kier alpha value is -2.41. The molecule has 7 heteroatoms. The first-order valence-corrected chi connectivity index (χ1v) is 9.66. The number of benzene rings is 1. The van der Waals surface area contributed by atoms with Crippen molar-refractivity contribution < 1.29 is 4.79 Å². The number of hydrogen-bond acceptors (Lipinski definition) is 4. The number of para-hydroxylation sites is 1. The van der Waals surface area contributed by atoms with Crippen LogP contribution >= 0.6 is 11.3 Å². The summed E-state index contributed by atoms with van der Waals surface area (Å²) in [6, 6.07) is 8.13. The van der Waals surface area contributed by atoms with E-state index in [4.69, 9.17) is 0 Å². The van der Waals surface area contributed by atoms with E-state index in [2.05, 4.69) is 26.7 Å². The molecule has 1 aliphatic rings. The Morgan fingerprint density at radius 1 is 1.31 bits per heavy atom. The first-order valence-electron chi connectivity index (χ1n) is 8.84. The zero-order chi connectivity index (χ0) is 18.5. The zero-order valence-corrected chi connectivity index (χ0v) is 16.3. The van der Waals surface area contributed by atoms with Gasteiger partial charge in [-0.05, 0) is 38.3 Å².